The summed E-state index contributed by atoms with van der Waals surface area (Å²) in [6, 6.07) is 11.2. The van der Waals surface area contributed by atoms with Gasteiger partial charge in [0.2, 0.25) is 5.91 Å². The van der Waals surface area contributed by atoms with Crippen LogP contribution in [0.1, 0.15) is 22.2 Å². The van der Waals surface area contributed by atoms with Gasteiger partial charge in [-0.2, -0.15) is 0 Å². The van der Waals surface area contributed by atoms with E-state index in [0.717, 1.165) is 21.5 Å². The molecule has 21 heavy (non-hydrogen) atoms. The minimum absolute atomic E-state index is 0.0492. The molecule has 1 heterocycles. The molecule has 1 aromatic carbocycles. The maximum absolute atomic E-state index is 11.9. The van der Waals surface area contributed by atoms with Crippen LogP contribution >= 0.6 is 27.3 Å². The van der Waals surface area contributed by atoms with Gasteiger partial charge < -0.3 is 10.6 Å². The monoisotopic (exact) mass is 366 g/mol. The number of carbonyl (C=O) groups is 2. The second-order valence-corrected chi connectivity index (χ2v) is 6.81. The zero-order chi connectivity index (χ0) is 15.2. The molecule has 0 aliphatic heterocycles. The fourth-order valence-electron chi connectivity index (χ4n) is 1.83. The molecule has 0 saturated heterocycles. The van der Waals surface area contributed by atoms with Gasteiger partial charge in [0, 0.05) is 5.69 Å². The summed E-state index contributed by atoms with van der Waals surface area (Å²) in [5.41, 5.74) is 1.86. The largest absolute Gasteiger partial charge is 0.342 e. The van der Waals surface area contributed by atoms with Crippen LogP contribution in [0.3, 0.4) is 0 Å². The standard InChI is InChI=1S/C15H15BrN2O2S/c1-2-10-5-3-4-6-11(10)18-14(19)9-17-15(20)12-7-8-13(16)21-12/h3-8H,2,9H2,1H3,(H,17,20)(H,18,19). The van der Waals surface area contributed by atoms with E-state index in [1.807, 2.05) is 31.2 Å². The first kappa shape index (κ1) is 15.7. The Morgan fingerprint density at radius 2 is 1.95 bits per heavy atom. The van der Waals surface area contributed by atoms with Gasteiger partial charge in [0.05, 0.1) is 15.2 Å². The number of hydrogen-bond acceptors (Lipinski definition) is 3. The van der Waals surface area contributed by atoms with E-state index >= 15 is 0 Å². The number of amides is 2. The van der Waals surface area contributed by atoms with Gasteiger partial charge in [-0.3, -0.25) is 9.59 Å². The zero-order valence-corrected chi connectivity index (χ0v) is 13.9. The molecule has 110 valence electrons. The highest BCUT2D eigenvalue weighted by atomic mass is 79.9. The third kappa shape index (κ3) is 4.41. The Morgan fingerprint density at radius 1 is 1.19 bits per heavy atom. The predicted molar refractivity (Wildman–Crippen MR) is 88.8 cm³/mol. The predicted octanol–water partition coefficient (Wildman–Crippen LogP) is 3.44. The summed E-state index contributed by atoms with van der Waals surface area (Å²) in [6.07, 6.45) is 0.839. The minimum Gasteiger partial charge on any atom is -0.342 e. The van der Waals surface area contributed by atoms with Gasteiger partial charge in [-0.1, -0.05) is 25.1 Å². The molecular formula is C15H15BrN2O2S. The lowest BCUT2D eigenvalue weighted by Crippen LogP contribution is -2.32. The molecule has 0 atom stereocenters. The number of hydrogen-bond donors (Lipinski definition) is 2. The number of benzene rings is 1. The smallest absolute Gasteiger partial charge is 0.261 e. The first-order valence-electron chi connectivity index (χ1n) is 6.51. The van der Waals surface area contributed by atoms with Gasteiger partial charge in [0.25, 0.3) is 5.91 Å². The van der Waals surface area contributed by atoms with E-state index in [-0.39, 0.29) is 18.4 Å². The summed E-state index contributed by atoms with van der Waals surface area (Å²) in [7, 11) is 0. The normalized spacial score (nSPS) is 10.2. The van der Waals surface area contributed by atoms with Crippen molar-refractivity contribution in [3.8, 4) is 0 Å². The molecule has 0 fully saturated rings. The van der Waals surface area contributed by atoms with Crippen LogP contribution in [-0.2, 0) is 11.2 Å². The fourth-order valence-corrected chi connectivity index (χ4v) is 3.13. The molecule has 2 N–H and O–H groups in total. The average Bonchev–Trinajstić information content (AvgIpc) is 2.92. The van der Waals surface area contributed by atoms with Crippen LogP contribution in [0.5, 0.6) is 0 Å². The fraction of sp³-hybridized carbons (Fsp3) is 0.200. The Morgan fingerprint density at radius 3 is 2.62 bits per heavy atom. The van der Waals surface area contributed by atoms with Crippen molar-refractivity contribution in [2.75, 3.05) is 11.9 Å². The van der Waals surface area contributed by atoms with Crippen LogP contribution in [0, 0.1) is 0 Å². The van der Waals surface area contributed by atoms with Crippen molar-refractivity contribution in [1.82, 2.24) is 5.32 Å². The highest BCUT2D eigenvalue weighted by Crippen LogP contribution is 2.21. The number of para-hydroxylation sites is 1. The van der Waals surface area contributed by atoms with Crippen molar-refractivity contribution in [2.24, 2.45) is 0 Å². The quantitative estimate of drug-likeness (QED) is 0.851. The van der Waals surface area contributed by atoms with E-state index in [1.165, 1.54) is 11.3 Å². The first-order chi connectivity index (χ1) is 10.1. The zero-order valence-electron chi connectivity index (χ0n) is 11.5. The van der Waals surface area contributed by atoms with Crippen LogP contribution in [0.25, 0.3) is 0 Å². The topological polar surface area (TPSA) is 58.2 Å². The van der Waals surface area contributed by atoms with Crippen LogP contribution in [-0.4, -0.2) is 18.4 Å². The van der Waals surface area contributed by atoms with E-state index < -0.39 is 0 Å². The Hall–Kier alpha value is -1.66. The molecule has 2 rings (SSSR count). The van der Waals surface area contributed by atoms with Gasteiger partial charge in [0.1, 0.15) is 0 Å². The van der Waals surface area contributed by atoms with Gasteiger partial charge in [-0.25, -0.2) is 0 Å². The lowest BCUT2D eigenvalue weighted by Gasteiger charge is -2.10. The Bertz CT molecular complexity index is 655. The number of aryl methyl sites for hydroxylation is 1. The third-order valence-corrected chi connectivity index (χ3v) is 4.50. The van der Waals surface area contributed by atoms with Crippen molar-refractivity contribution < 1.29 is 9.59 Å². The second-order valence-electron chi connectivity index (χ2n) is 4.35. The molecule has 6 heteroatoms. The SMILES string of the molecule is CCc1ccccc1NC(=O)CNC(=O)c1ccc(Br)s1. The first-order valence-corrected chi connectivity index (χ1v) is 8.12. The van der Waals surface area contributed by atoms with E-state index in [4.69, 9.17) is 0 Å². The Kier molecular flexibility index (Phi) is 5.52. The molecular weight excluding hydrogens is 352 g/mol. The number of thiophene rings is 1. The molecule has 4 nitrogen and oxygen atoms in total. The summed E-state index contributed by atoms with van der Waals surface area (Å²) in [6.45, 7) is 1.98. The highest BCUT2D eigenvalue weighted by Gasteiger charge is 2.11. The number of rotatable bonds is 5. The minimum atomic E-state index is -0.246. The molecule has 2 aromatic rings. The lowest BCUT2D eigenvalue weighted by atomic mass is 10.1. The Labute approximate surface area is 135 Å². The van der Waals surface area contributed by atoms with Crippen molar-refractivity contribution in [2.45, 2.75) is 13.3 Å². The van der Waals surface area contributed by atoms with Gasteiger partial charge in [-0.15, -0.1) is 11.3 Å². The van der Waals surface area contributed by atoms with E-state index in [9.17, 15) is 9.59 Å². The highest BCUT2D eigenvalue weighted by molar-refractivity contribution is 9.11. The summed E-state index contributed by atoms with van der Waals surface area (Å²) in [5, 5.41) is 5.42. The molecule has 0 unspecified atom stereocenters. The van der Waals surface area contributed by atoms with Crippen LogP contribution < -0.4 is 10.6 Å². The molecule has 0 radical (unpaired) electrons. The second kappa shape index (κ2) is 7.38. The van der Waals surface area contributed by atoms with Gasteiger partial charge in [0.15, 0.2) is 0 Å². The third-order valence-electron chi connectivity index (χ3n) is 2.88. The number of carbonyl (C=O) groups excluding carboxylic acids is 2. The van der Waals surface area contributed by atoms with Crippen LogP contribution in [0.15, 0.2) is 40.2 Å². The van der Waals surface area contributed by atoms with Crippen LogP contribution in [0.2, 0.25) is 0 Å². The molecule has 0 aliphatic carbocycles. The van der Waals surface area contributed by atoms with Gasteiger partial charge in [-0.05, 0) is 46.1 Å². The Balaban J connectivity index is 1.89. The van der Waals surface area contributed by atoms with Crippen molar-refractivity contribution >= 4 is 44.8 Å². The summed E-state index contributed by atoms with van der Waals surface area (Å²) < 4.78 is 0.883. The number of nitrogens with one attached hydrogen (secondary N) is 2. The van der Waals surface area contributed by atoms with Crippen molar-refractivity contribution in [3.63, 3.8) is 0 Å². The maximum atomic E-state index is 11.9. The number of anilines is 1. The summed E-state index contributed by atoms with van der Waals surface area (Å²) in [5.74, 6) is -0.482. The summed E-state index contributed by atoms with van der Waals surface area (Å²) >= 11 is 4.63. The van der Waals surface area contributed by atoms with E-state index in [0.29, 0.717) is 4.88 Å². The molecule has 2 amide bonds. The van der Waals surface area contributed by atoms with Crippen molar-refractivity contribution in [1.29, 1.82) is 0 Å². The van der Waals surface area contributed by atoms with Crippen LogP contribution in [0.4, 0.5) is 5.69 Å². The van der Waals surface area contributed by atoms with Gasteiger partial charge >= 0.3 is 0 Å². The lowest BCUT2D eigenvalue weighted by molar-refractivity contribution is -0.115. The van der Waals surface area contributed by atoms with E-state index in [2.05, 4.69) is 26.6 Å². The maximum Gasteiger partial charge on any atom is 0.261 e. The average molecular weight is 367 g/mol. The molecule has 1 aromatic heterocycles. The van der Waals surface area contributed by atoms with E-state index in [1.54, 1.807) is 12.1 Å². The molecule has 0 bridgehead atoms. The molecule has 0 aliphatic rings. The summed E-state index contributed by atoms with van der Waals surface area (Å²) in [4.78, 5) is 24.3. The molecule has 0 saturated carbocycles. The molecule has 0 spiro atoms. The van der Waals surface area contributed by atoms with Crippen molar-refractivity contribution in [3.05, 3.63) is 50.6 Å². The number of halogens is 1.